The van der Waals surface area contributed by atoms with E-state index in [1.807, 2.05) is 66.8 Å². The molecule has 2 N–H and O–H groups in total. The van der Waals surface area contributed by atoms with E-state index in [0.29, 0.717) is 0 Å². The number of aromatic nitrogens is 2. The highest BCUT2D eigenvalue weighted by Crippen LogP contribution is 2.39. The second-order valence-electron chi connectivity index (χ2n) is 9.46. The van der Waals surface area contributed by atoms with E-state index in [0.717, 1.165) is 26.5 Å². The van der Waals surface area contributed by atoms with Crippen LogP contribution in [0, 0.1) is 0 Å². The molecule has 30 heavy (non-hydrogen) atoms. The van der Waals surface area contributed by atoms with Gasteiger partial charge in [-0.05, 0) is 75.9 Å². The van der Waals surface area contributed by atoms with Gasteiger partial charge in [-0.25, -0.2) is 9.78 Å². The van der Waals surface area contributed by atoms with Crippen LogP contribution in [0.5, 0.6) is 0 Å². The summed E-state index contributed by atoms with van der Waals surface area (Å²) in [7, 11) is -0.602. The maximum atomic E-state index is 12.2. The maximum absolute atomic E-state index is 12.2. The van der Waals surface area contributed by atoms with Crippen molar-refractivity contribution in [1.29, 1.82) is 0 Å². The minimum Gasteiger partial charge on any atom is -0.444 e. The van der Waals surface area contributed by atoms with Crippen molar-refractivity contribution in [1.82, 2.24) is 15.3 Å². The van der Waals surface area contributed by atoms with Crippen LogP contribution in [-0.4, -0.2) is 46.5 Å². The topological polar surface area (TPSA) is 85.5 Å². The number of ether oxygens (including phenoxy) is 1. The van der Waals surface area contributed by atoms with Gasteiger partial charge in [0.2, 0.25) is 0 Å². The van der Waals surface area contributed by atoms with Crippen molar-refractivity contribution in [3.8, 4) is 0 Å². The Kier molecular flexibility index (Phi) is 6.10. The van der Waals surface area contributed by atoms with Crippen LogP contribution in [0.3, 0.4) is 0 Å². The molecular formula is C21H29BBrN3O4. The summed E-state index contributed by atoms with van der Waals surface area (Å²) in [6.07, 6.45) is 5.09. The maximum Gasteiger partial charge on any atom is 0.492 e. The van der Waals surface area contributed by atoms with E-state index in [1.54, 1.807) is 6.20 Å². The summed E-state index contributed by atoms with van der Waals surface area (Å²) in [5.41, 5.74) is 0.918. The van der Waals surface area contributed by atoms with Gasteiger partial charge in [0.15, 0.2) is 0 Å². The lowest BCUT2D eigenvalue weighted by Crippen LogP contribution is -2.41. The van der Waals surface area contributed by atoms with Crippen molar-refractivity contribution in [3.05, 3.63) is 34.0 Å². The van der Waals surface area contributed by atoms with Gasteiger partial charge in [-0.1, -0.05) is 6.08 Å². The van der Waals surface area contributed by atoms with E-state index in [4.69, 9.17) is 14.0 Å². The number of nitrogens with zero attached hydrogens (tertiary/aromatic N) is 1. The summed E-state index contributed by atoms with van der Waals surface area (Å²) >= 11 is 3.47. The predicted octanol–water partition coefficient (Wildman–Crippen LogP) is 4.86. The van der Waals surface area contributed by atoms with Gasteiger partial charge in [-0.3, -0.25) is 0 Å². The van der Waals surface area contributed by atoms with Gasteiger partial charge >= 0.3 is 13.2 Å². The first-order valence-electron chi connectivity index (χ1n) is 9.93. The van der Waals surface area contributed by atoms with E-state index in [1.165, 1.54) is 0 Å². The normalized spacial score (nSPS) is 18.7. The quantitative estimate of drug-likeness (QED) is 0.613. The summed E-state index contributed by atoms with van der Waals surface area (Å²) in [6, 6.07) is 1.99. The molecule has 1 fully saturated rings. The van der Waals surface area contributed by atoms with Crippen LogP contribution in [0.4, 0.5) is 4.79 Å². The zero-order valence-corrected chi connectivity index (χ0v) is 20.1. The number of halogens is 1. The molecule has 162 valence electrons. The molecule has 0 aromatic carbocycles. The Morgan fingerprint density at radius 2 is 1.93 bits per heavy atom. The summed E-state index contributed by atoms with van der Waals surface area (Å²) in [4.78, 5) is 19.8. The van der Waals surface area contributed by atoms with Gasteiger partial charge in [0.05, 0.1) is 11.2 Å². The number of aromatic amines is 1. The smallest absolute Gasteiger partial charge is 0.444 e. The summed E-state index contributed by atoms with van der Waals surface area (Å²) in [5.74, 6) is 0. The van der Waals surface area contributed by atoms with Crippen LogP contribution in [0.1, 0.15) is 54.0 Å². The number of hydrogen-bond acceptors (Lipinski definition) is 5. The monoisotopic (exact) mass is 477 g/mol. The highest BCUT2D eigenvalue weighted by molar-refractivity contribution is 9.10. The molecule has 9 heteroatoms. The molecule has 1 saturated heterocycles. The molecule has 1 aliphatic rings. The SMILES string of the molecule is CC(C)(C)OC(=O)NCC(=Cc1c[nH]c2ncc(Br)cc12)B1OC(C)(C)C(C)(C)O1. The van der Waals surface area contributed by atoms with Crippen molar-refractivity contribution in [2.24, 2.45) is 0 Å². The molecule has 2 aromatic heterocycles. The number of carbonyl (C=O) groups excluding carboxylic acids is 1. The molecule has 0 spiro atoms. The van der Waals surface area contributed by atoms with Gasteiger partial charge in [-0.2, -0.15) is 0 Å². The second-order valence-corrected chi connectivity index (χ2v) is 10.4. The molecule has 0 saturated carbocycles. The molecule has 0 atom stereocenters. The minimum absolute atomic E-state index is 0.222. The van der Waals surface area contributed by atoms with E-state index in [9.17, 15) is 4.79 Å². The second kappa shape index (κ2) is 8.02. The molecule has 7 nitrogen and oxygen atoms in total. The number of pyridine rings is 1. The number of alkyl carbamates (subject to hydrolysis) is 1. The number of nitrogens with one attached hydrogen (secondary N) is 2. The number of rotatable bonds is 4. The summed E-state index contributed by atoms with van der Waals surface area (Å²) < 4.78 is 18.7. The van der Waals surface area contributed by atoms with Crippen molar-refractivity contribution < 1.29 is 18.8 Å². The largest absolute Gasteiger partial charge is 0.492 e. The first-order valence-corrected chi connectivity index (χ1v) is 10.7. The third-order valence-electron chi connectivity index (χ3n) is 5.26. The lowest BCUT2D eigenvalue weighted by molar-refractivity contribution is 0.00578. The highest BCUT2D eigenvalue weighted by Gasteiger charge is 2.52. The molecule has 2 aromatic rings. The Morgan fingerprint density at radius 3 is 2.53 bits per heavy atom. The van der Waals surface area contributed by atoms with Crippen LogP contribution in [0.15, 0.2) is 28.4 Å². The zero-order chi connectivity index (χ0) is 22.3. The third-order valence-corrected chi connectivity index (χ3v) is 5.70. The number of hydrogen-bond donors (Lipinski definition) is 2. The third kappa shape index (κ3) is 5.07. The van der Waals surface area contributed by atoms with E-state index in [-0.39, 0.29) is 6.54 Å². The first kappa shape index (κ1) is 22.8. The minimum atomic E-state index is -0.602. The van der Waals surface area contributed by atoms with Gasteiger partial charge in [0, 0.05) is 34.4 Å². The van der Waals surface area contributed by atoms with Crippen LogP contribution in [-0.2, 0) is 14.0 Å². The predicted molar refractivity (Wildman–Crippen MR) is 122 cm³/mol. The van der Waals surface area contributed by atoms with Gasteiger partial charge < -0.3 is 24.3 Å². The van der Waals surface area contributed by atoms with Crippen molar-refractivity contribution in [2.75, 3.05) is 6.54 Å². The molecule has 0 unspecified atom stereocenters. The number of H-pyrrole nitrogens is 1. The average molecular weight is 478 g/mol. The van der Waals surface area contributed by atoms with Crippen LogP contribution < -0.4 is 5.32 Å². The van der Waals surface area contributed by atoms with Crippen LogP contribution in [0.2, 0.25) is 0 Å². The Labute approximate surface area is 186 Å². The van der Waals surface area contributed by atoms with E-state index >= 15 is 0 Å². The summed E-state index contributed by atoms with van der Waals surface area (Å²) in [5, 5.41) is 3.77. The molecular weight excluding hydrogens is 449 g/mol. The highest BCUT2D eigenvalue weighted by atomic mass is 79.9. The molecule has 1 aliphatic heterocycles. The van der Waals surface area contributed by atoms with Crippen LogP contribution >= 0.6 is 15.9 Å². The standard InChI is InChI=1S/C21H29BBrN3O4/c1-19(2,3)28-18(27)26-11-14(22-29-20(4,5)21(6,7)30-22)8-13-10-24-17-16(13)9-15(23)12-25-17/h8-10,12H,11H2,1-7H3,(H,24,25)(H,26,27). The molecule has 0 radical (unpaired) electrons. The lowest BCUT2D eigenvalue weighted by Gasteiger charge is -2.32. The lowest BCUT2D eigenvalue weighted by atomic mass is 9.77. The van der Waals surface area contributed by atoms with E-state index in [2.05, 4.69) is 31.2 Å². The molecule has 0 bridgehead atoms. The van der Waals surface area contributed by atoms with Crippen molar-refractivity contribution in [2.45, 2.75) is 65.3 Å². The van der Waals surface area contributed by atoms with Crippen molar-refractivity contribution in [3.63, 3.8) is 0 Å². The van der Waals surface area contributed by atoms with Gasteiger partial charge in [0.1, 0.15) is 11.2 Å². The molecule has 3 heterocycles. The van der Waals surface area contributed by atoms with Crippen molar-refractivity contribution >= 4 is 46.3 Å². The summed E-state index contributed by atoms with van der Waals surface area (Å²) in [6.45, 7) is 13.7. The Morgan fingerprint density at radius 1 is 1.30 bits per heavy atom. The van der Waals surface area contributed by atoms with Gasteiger partial charge in [-0.15, -0.1) is 0 Å². The first-order chi connectivity index (χ1) is 13.8. The van der Waals surface area contributed by atoms with Crippen LogP contribution in [0.25, 0.3) is 17.1 Å². The Balaban J connectivity index is 1.92. The Bertz CT molecular complexity index is 962. The fraction of sp³-hybridized carbons (Fsp3) is 0.524. The number of fused-ring (bicyclic) bond motifs is 1. The van der Waals surface area contributed by atoms with E-state index < -0.39 is 30.0 Å². The molecule has 0 aliphatic carbocycles. The zero-order valence-electron chi connectivity index (χ0n) is 18.6. The molecule has 3 rings (SSSR count). The number of amides is 1. The number of carbonyl (C=O) groups is 1. The molecule has 1 amide bonds. The van der Waals surface area contributed by atoms with Gasteiger partial charge in [0.25, 0.3) is 0 Å². The Hall–Kier alpha value is -1.84. The fourth-order valence-electron chi connectivity index (χ4n) is 3.00. The fourth-order valence-corrected chi connectivity index (χ4v) is 3.33. The average Bonchev–Trinajstić information content (AvgIpc) is 3.07.